The molecule has 4 nitrogen and oxygen atoms in total. The van der Waals surface area contributed by atoms with Crippen molar-refractivity contribution in [3.63, 3.8) is 0 Å². The second kappa shape index (κ2) is 7.73. The number of methoxy groups -OCH3 is 1. The van der Waals surface area contributed by atoms with E-state index >= 15 is 0 Å². The Morgan fingerprint density at radius 2 is 1.97 bits per heavy atom. The van der Waals surface area contributed by atoms with Crippen molar-refractivity contribution in [3.05, 3.63) is 53.6 Å². The van der Waals surface area contributed by atoms with E-state index in [1.165, 1.54) is 26.1 Å². The number of rotatable bonds is 4. The number of nitrogens with zero attached hydrogens (tertiary/aromatic N) is 1. The van der Waals surface area contributed by atoms with Crippen LogP contribution in [0.15, 0.2) is 47.5 Å². The summed E-state index contributed by atoms with van der Waals surface area (Å²) in [5, 5.41) is 4.44. The number of carbonyl (C=O) groups excluding carboxylic acids is 1. The number of ether oxygens (including phenoxy) is 1. The van der Waals surface area contributed by atoms with Crippen LogP contribution in [0.4, 0.5) is 5.69 Å². The van der Waals surface area contributed by atoms with Crippen LogP contribution in [0.25, 0.3) is 20.5 Å². The quantitative estimate of drug-likeness (QED) is 0.611. The SMILES string of the molecule is COC1CCC(C(=O)Nc2cc3c(c(-c4cc5ccccc5s4)c2)CN=C3)CC1. The molecule has 1 aliphatic carbocycles. The van der Waals surface area contributed by atoms with E-state index in [1.54, 1.807) is 18.4 Å². The maximum absolute atomic E-state index is 12.9. The Hall–Kier alpha value is -2.50. The van der Waals surface area contributed by atoms with Gasteiger partial charge in [0.05, 0.1) is 12.6 Å². The lowest BCUT2D eigenvalue weighted by atomic mass is 9.86. The summed E-state index contributed by atoms with van der Waals surface area (Å²) >= 11 is 1.79. The smallest absolute Gasteiger partial charge is 0.227 e. The first-order valence-electron chi connectivity index (χ1n) is 10.2. The van der Waals surface area contributed by atoms with E-state index in [-0.39, 0.29) is 11.8 Å². The molecule has 0 spiro atoms. The van der Waals surface area contributed by atoms with Gasteiger partial charge in [-0.1, -0.05) is 18.2 Å². The van der Waals surface area contributed by atoms with Crippen LogP contribution >= 0.6 is 11.3 Å². The van der Waals surface area contributed by atoms with Gasteiger partial charge in [0, 0.05) is 40.1 Å². The Kier molecular flexibility index (Phi) is 4.94. The van der Waals surface area contributed by atoms with Gasteiger partial charge in [0.15, 0.2) is 0 Å². The number of anilines is 1. The molecular weight excluding hydrogens is 380 g/mol. The Bertz CT molecular complexity index is 1060. The Balaban J connectivity index is 1.43. The summed E-state index contributed by atoms with van der Waals surface area (Å²) in [5.74, 6) is 0.188. The van der Waals surface area contributed by atoms with Gasteiger partial charge in [-0.3, -0.25) is 9.79 Å². The van der Waals surface area contributed by atoms with Gasteiger partial charge < -0.3 is 10.1 Å². The number of fused-ring (bicyclic) bond motifs is 2. The normalized spacial score (nSPS) is 20.7. The fourth-order valence-corrected chi connectivity index (χ4v) is 5.54. The zero-order valence-corrected chi connectivity index (χ0v) is 17.3. The standard InChI is InChI=1S/C24H24N2O2S/c1-28-19-8-6-15(7-9-19)24(27)26-18-10-17-13-25-14-21(17)20(12-18)23-11-16-4-2-3-5-22(16)29-23/h2-5,10-13,15,19H,6-9,14H2,1H3,(H,26,27). The zero-order valence-electron chi connectivity index (χ0n) is 16.5. The Morgan fingerprint density at radius 1 is 1.14 bits per heavy atom. The number of nitrogens with one attached hydrogen (secondary N) is 1. The topological polar surface area (TPSA) is 50.7 Å². The van der Waals surface area contributed by atoms with Crippen LogP contribution in [0, 0.1) is 5.92 Å². The Labute approximate surface area is 174 Å². The second-order valence-corrected chi connectivity index (χ2v) is 8.99. The molecule has 5 heteroatoms. The molecule has 0 saturated heterocycles. The van der Waals surface area contributed by atoms with Crippen LogP contribution in [-0.4, -0.2) is 25.3 Å². The van der Waals surface area contributed by atoms with Crippen molar-refractivity contribution in [2.24, 2.45) is 10.9 Å². The van der Waals surface area contributed by atoms with Gasteiger partial charge in [-0.05, 0) is 66.5 Å². The molecule has 148 valence electrons. The summed E-state index contributed by atoms with van der Waals surface area (Å²) < 4.78 is 6.71. The molecule has 0 atom stereocenters. The molecule has 3 aromatic rings. The van der Waals surface area contributed by atoms with Crippen LogP contribution in [0.5, 0.6) is 0 Å². The number of hydrogen-bond donors (Lipinski definition) is 1. The van der Waals surface area contributed by atoms with Gasteiger partial charge in [0.2, 0.25) is 5.91 Å². The lowest BCUT2D eigenvalue weighted by Gasteiger charge is -2.26. The average Bonchev–Trinajstić information content (AvgIpc) is 3.40. The van der Waals surface area contributed by atoms with E-state index in [4.69, 9.17) is 4.74 Å². The summed E-state index contributed by atoms with van der Waals surface area (Å²) in [5.41, 5.74) is 4.40. The van der Waals surface area contributed by atoms with E-state index in [9.17, 15) is 4.79 Å². The first-order chi connectivity index (χ1) is 14.2. The molecular formula is C24H24N2O2S. The number of hydrogen-bond acceptors (Lipinski definition) is 4. The first kappa shape index (κ1) is 18.5. The number of aliphatic imine (C=N–C) groups is 1. The predicted octanol–water partition coefficient (Wildman–Crippen LogP) is 5.64. The molecule has 1 N–H and O–H groups in total. The fourth-order valence-electron chi connectivity index (χ4n) is 4.43. The average molecular weight is 405 g/mol. The van der Waals surface area contributed by atoms with Gasteiger partial charge >= 0.3 is 0 Å². The minimum atomic E-state index is 0.0658. The van der Waals surface area contributed by atoms with Gasteiger partial charge in [-0.25, -0.2) is 0 Å². The summed E-state index contributed by atoms with van der Waals surface area (Å²) in [6.07, 6.45) is 5.91. The molecule has 2 aliphatic rings. The summed E-state index contributed by atoms with van der Waals surface area (Å²) in [7, 11) is 1.76. The van der Waals surface area contributed by atoms with E-state index < -0.39 is 0 Å². The summed E-state index contributed by atoms with van der Waals surface area (Å²) in [4.78, 5) is 18.6. The van der Waals surface area contributed by atoms with Crippen molar-refractivity contribution >= 4 is 39.2 Å². The summed E-state index contributed by atoms with van der Waals surface area (Å²) in [6, 6.07) is 14.9. The molecule has 1 aromatic heterocycles. The third-order valence-electron chi connectivity index (χ3n) is 6.10. The molecule has 5 rings (SSSR count). The van der Waals surface area contributed by atoms with Crippen molar-refractivity contribution in [1.82, 2.24) is 0 Å². The van der Waals surface area contributed by atoms with Crippen LogP contribution in [-0.2, 0) is 16.1 Å². The van der Waals surface area contributed by atoms with Gasteiger partial charge in [-0.2, -0.15) is 0 Å². The van der Waals surface area contributed by atoms with Crippen molar-refractivity contribution in [2.75, 3.05) is 12.4 Å². The highest BCUT2D eigenvalue weighted by Gasteiger charge is 2.26. The number of benzene rings is 2. The Morgan fingerprint density at radius 3 is 2.76 bits per heavy atom. The highest BCUT2D eigenvalue weighted by molar-refractivity contribution is 7.22. The van der Waals surface area contributed by atoms with Crippen molar-refractivity contribution in [1.29, 1.82) is 0 Å². The molecule has 1 aliphatic heterocycles. The third kappa shape index (κ3) is 3.61. The largest absolute Gasteiger partial charge is 0.381 e. The van der Waals surface area contributed by atoms with Gasteiger partial charge in [0.1, 0.15) is 0 Å². The van der Waals surface area contributed by atoms with Crippen LogP contribution in [0.3, 0.4) is 0 Å². The molecule has 29 heavy (non-hydrogen) atoms. The van der Waals surface area contributed by atoms with E-state index in [2.05, 4.69) is 52.8 Å². The summed E-state index contributed by atoms with van der Waals surface area (Å²) in [6.45, 7) is 0.703. The maximum atomic E-state index is 12.9. The number of carbonyl (C=O) groups is 1. The molecule has 1 amide bonds. The van der Waals surface area contributed by atoms with Crippen LogP contribution in [0.2, 0.25) is 0 Å². The molecule has 1 fully saturated rings. The van der Waals surface area contributed by atoms with Gasteiger partial charge in [-0.15, -0.1) is 11.3 Å². The molecule has 1 saturated carbocycles. The highest BCUT2D eigenvalue weighted by Crippen LogP contribution is 2.39. The van der Waals surface area contributed by atoms with Gasteiger partial charge in [0.25, 0.3) is 0 Å². The van der Waals surface area contributed by atoms with Crippen molar-refractivity contribution < 1.29 is 9.53 Å². The molecule has 0 radical (unpaired) electrons. The fraction of sp³-hybridized carbons (Fsp3) is 0.333. The number of thiophene rings is 1. The van der Waals surface area contributed by atoms with Crippen molar-refractivity contribution in [2.45, 2.75) is 38.3 Å². The second-order valence-electron chi connectivity index (χ2n) is 7.91. The highest BCUT2D eigenvalue weighted by atomic mass is 32.1. The monoisotopic (exact) mass is 404 g/mol. The van der Waals surface area contributed by atoms with E-state index in [0.29, 0.717) is 12.6 Å². The minimum Gasteiger partial charge on any atom is -0.381 e. The molecule has 0 unspecified atom stereocenters. The maximum Gasteiger partial charge on any atom is 0.227 e. The lowest BCUT2D eigenvalue weighted by Crippen LogP contribution is -2.29. The lowest BCUT2D eigenvalue weighted by molar-refractivity contribution is -0.121. The molecule has 2 aromatic carbocycles. The van der Waals surface area contributed by atoms with E-state index in [1.807, 2.05) is 6.21 Å². The van der Waals surface area contributed by atoms with Crippen LogP contribution in [0.1, 0.15) is 36.8 Å². The third-order valence-corrected chi connectivity index (χ3v) is 7.25. The number of amides is 1. The van der Waals surface area contributed by atoms with Crippen LogP contribution < -0.4 is 5.32 Å². The van der Waals surface area contributed by atoms with Crippen molar-refractivity contribution in [3.8, 4) is 10.4 Å². The predicted molar refractivity (Wildman–Crippen MR) is 120 cm³/mol. The zero-order chi connectivity index (χ0) is 19.8. The molecule has 2 heterocycles. The van der Waals surface area contributed by atoms with E-state index in [0.717, 1.165) is 36.9 Å². The first-order valence-corrected chi connectivity index (χ1v) is 11.0. The molecule has 0 bridgehead atoms. The minimum absolute atomic E-state index is 0.0658.